The van der Waals surface area contributed by atoms with E-state index in [0.29, 0.717) is 12.0 Å². The first-order valence-electron chi connectivity index (χ1n) is 5.49. The van der Waals surface area contributed by atoms with Gasteiger partial charge in [0.15, 0.2) is 0 Å². The Morgan fingerprint density at radius 3 is 1.86 bits per heavy atom. The van der Waals surface area contributed by atoms with Crippen LogP contribution in [0.3, 0.4) is 0 Å². The maximum atomic E-state index is 9.72. The van der Waals surface area contributed by atoms with Crippen molar-refractivity contribution >= 4 is 0 Å². The Balaban J connectivity index is 3.60. The van der Waals surface area contributed by atoms with Crippen LogP contribution in [0.15, 0.2) is 0 Å². The lowest BCUT2D eigenvalue weighted by Crippen LogP contribution is -2.35. The number of nitrogens with one attached hydrogen (secondary N) is 1. The van der Waals surface area contributed by atoms with Gasteiger partial charge in [0.1, 0.15) is 0 Å². The largest absolute Gasteiger partial charge is 0.392 e. The van der Waals surface area contributed by atoms with Crippen LogP contribution in [0.25, 0.3) is 0 Å². The average Bonchev–Trinajstić information content (AvgIpc) is 1.78. The highest BCUT2D eigenvalue weighted by molar-refractivity contribution is 4.72. The molecule has 0 heterocycles. The van der Waals surface area contributed by atoms with Crippen LogP contribution in [0.5, 0.6) is 0 Å². The van der Waals surface area contributed by atoms with Crippen LogP contribution in [0.2, 0.25) is 0 Å². The van der Waals surface area contributed by atoms with E-state index in [9.17, 15) is 5.11 Å². The van der Waals surface area contributed by atoms with Crippen LogP contribution in [0.4, 0.5) is 0 Å². The Hall–Kier alpha value is -0.0800. The number of rotatable bonds is 4. The fourth-order valence-electron chi connectivity index (χ4n) is 1.39. The summed E-state index contributed by atoms with van der Waals surface area (Å²) >= 11 is 0. The van der Waals surface area contributed by atoms with Gasteiger partial charge in [-0.15, -0.1) is 0 Å². The van der Waals surface area contributed by atoms with Crippen molar-refractivity contribution in [2.24, 2.45) is 10.8 Å². The molecule has 0 aliphatic rings. The zero-order valence-electron chi connectivity index (χ0n) is 10.6. The van der Waals surface area contributed by atoms with Gasteiger partial charge in [-0.05, 0) is 17.3 Å². The molecule has 86 valence electrons. The Labute approximate surface area is 89.1 Å². The molecule has 0 aromatic heterocycles. The van der Waals surface area contributed by atoms with Crippen LogP contribution >= 0.6 is 0 Å². The molecule has 2 nitrogen and oxygen atoms in total. The third-order valence-corrected chi connectivity index (χ3v) is 1.88. The van der Waals surface area contributed by atoms with Gasteiger partial charge >= 0.3 is 0 Å². The highest BCUT2D eigenvalue weighted by Gasteiger charge is 2.17. The van der Waals surface area contributed by atoms with Crippen molar-refractivity contribution in [1.29, 1.82) is 0 Å². The summed E-state index contributed by atoms with van der Waals surface area (Å²) in [6.45, 7) is 14.7. The van der Waals surface area contributed by atoms with E-state index in [-0.39, 0.29) is 11.5 Å². The normalized spacial score (nSPS) is 15.6. The maximum Gasteiger partial charge on any atom is 0.0669 e. The first-order chi connectivity index (χ1) is 6.10. The van der Waals surface area contributed by atoms with E-state index in [1.54, 1.807) is 0 Å². The first-order valence-corrected chi connectivity index (χ1v) is 5.49. The minimum Gasteiger partial charge on any atom is -0.392 e. The molecule has 0 radical (unpaired) electrons. The predicted molar refractivity (Wildman–Crippen MR) is 62.4 cm³/mol. The second-order valence-electron chi connectivity index (χ2n) is 6.61. The van der Waals surface area contributed by atoms with E-state index >= 15 is 0 Å². The van der Waals surface area contributed by atoms with Crippen LogP contribution in [0, 0.1) is 10.8 Å². The molecule has 0 rings (SSSR count). The molecule has 0 saturated carbocycles. The second kappa shape index (κ2) is 5.13. The molecule has 0 aromatic carbocycles. The molecule has 0 bridgehead atoms. The fourth-order valence-corrected chi connectivity index (χ4v) is 1.39. The molecular weight excluding hydrogens is 174 g/mol. The lowest BCUT2D eigenvalue weighted by Gasteiger charge is -2.24. The molecule has 2 N–H and O–H groups in total. The molecule has 0 aliphatic carbocycles. The Morgan fingerprint density at radius 1 is 1.00 bits per heavy atom. The topological polar surface area (TPSA) is 32.3 Å². The minimum atomic E-state index is -0.225. The molecule has 0 spiro atoms. The van der Waals surface area contributed by atoms with Crippen LogP contribution < -0.4 is 5.32 Å². The van der Waals surface area contributed by atoms with Gasteiger partial charge in [0.05, 0.1) is 6.10 Å². The molecular formula is C12H27NO. The monoisotopic (exact) mass is 201 g/mol. The molecule has 0 aromatic rings. The van der Waals surface area contributed by atoms with Gasteiger partial charge in [-0.1, -0.05) is 41.5 Å². The lowest BCUT2D eigenvalue weighted by molar-refractivity contribution is 0.117. The molecule has 2 heteroatoms. The highest BCUT2D eigenvalue weighted by Crippen LogP contribution is 2.20. The fraction of sp³-hybridized carbons (Fsp3) is 1.00. The van der Waals surface area contributed by atoms with Gasteiger partial charge in [0.2, 0.25) is 0 Å². The van der Waals surface area contributed by atoms with E-state index in [4.69, 9.17) is 0 Å². The first kappa shape index (κ1) is 13.9. The highest BCUT2D eigenvalue weighted by atomic mass is 16.3. The van der Waals surface area contributed by atoms with Gasteiger partial charge in [-0.2, -0.15) is 0 Å². The molecule has 1 atom stereocenters. The van der Waals surface area contributed by atoms with Crippen molar-refractivity contribution in [1.82, 2.24) is 5.32 Å². The molecule has 1 unspecified atom stereocenters. The van der Waals surface area contributed by atoms with Crippen molar-refractivity contribution < 1.29 is 5.11 Å². The molecule has 14 heavy (non-hydrogen) atoms. The lowest BCUT2D eigenvalue weighted by atomic mass is 9.89. The third kappa shape index (κ3) is 10.0. The summed E-state index contributed by atoms with van der Waals surface area (Å²) < 4.78 is 0. The minimum absolute atomic E-state index is 0.211. The van der Waals surface area contributed by atoms with E-state index in [0.717, 1.165) is 13.0 Å². The van der Waals surface area contributed by atoms with Crippen LogP contribution in [-0.2, 0) is 0 Å². The van der Waals surface area contributed by atoms with E-state index in [1.807, 2.05) is 0 Å². The van der Waals surface area contributed by atoms with Gasteiger partial charge < -0.3 is 10.4 Å². The Kier molecular flexibility index (Phi) is 5.10. The van der Waals surface area contributed by atoms with Crippen LogP contribution in [0.1, 0.15) is 48.0 Å². The summed E-state index contributed by atoms with van der Waals surface area (Å²) in [5.74, 6) is 0. The summed E-state index contributed by atoms with van der Waals surface area (Å²) in [6, 6.07) is 0. The molecule has 0 saturated heterocycles. The number of hydrogen-bond acceptors (Lipinski definition) is 2. The van der Waals surface area contributed by atoms with Gasteiger partial charge in [0.25, 0.3) is 0 Å². The predicted octanol–water partition coefficient (Wildman–Crippen LogP) is 2.42. The Morgan fingerprint density at radius 2 is 1.50 bits per heavy atom. The summed E-state index contributed by atoms with van der Waals surface area (Å²) in [5.41, 5.74) is 0.504. The summed E-state index contributed by atoms with van der Waals surface area (Å²) in [5, 5.41) is 13.0. The molecule has 0 fully saturated rings. The van der Waals surface area contributed by atoms with Crippen molar-refractivity contribution in [3.8, 4) is 0 Å². The summed E-state index contributed by atoms with van der Waals surface area (Å²) in [4.78, 5) is 0. The van der Waals surface area contributed by atoms with Crippen LogP contribution in [-0.4, -0.2) is 24.3 Å². The Bertz CT molecular complexity index is 153. The van der Waals surface area contributed by atoms with E-state index in [2.05, 4.69) is 46.9 Å². The number of aliphatic hydroxyl groups is 1. The van der Waals surface area contributed by atoms with Gasteiger partial charge in [-0.25, -0.2) is 0 Å². The zero-order valence-corrected chi connectivity index (χ0v) is 10.6. The number of hydrogen-bond donors (Lipinski definition) is 2. The van der Waals surface area contributed by atoms with Crippen molar-refractivity contribution in [2.75, 3.05) is 13.1 Å². The van der Waals surface area contributed by atoms with Crippen molar-refractivity contribution in [3.05, 3.63) is 0 Å². The zero-order chi connectivity index (χ0) is 11.4. The standard InChI is InChI=1S/C12H27NO/c1-11(2,3)7-10(14)8-13-9-12(4,5)6/h10,13-14H,7-9H2,1-6H3. The molecule has 0 aliphatic heterocycles. The van der Waals surface area contributed by atoms with Crippen molar-refractivity contribution in [2.45, 2.75) is 54.1 Å². The van der Waals surface area contributed by atoms with Gasteiger partial charge in [-0.3, -0.25) is 0 Å². The van der Waals surface area contributed by atoms with E-state index < -0.39 is 0 Å². The average molecular weight is 201 g/mol. The summed E-state index contributed by atoms with van der Waals surface area (Å²) in [7, 11) is 0. The number of aliphatic hydroxyl groups excluding tert-OH is 1. The smallest absolute Gasteiger partial charge is 0.0669 e. The van der Waals surface area contributed by atoms with Gasteiger partial charge in [0, 0.05) is 13.1 Å². The molecule has 0 amide bonds. The van der Waals surface area contributed by atoms with Crippen molar-refractivity contribution in [3.63, 3.8) is 0 Å². The van der Waals surface area contributed by atoms with E-state index in [1.165, 1.54) is 0 Å². The summed E-state index contributed by atoms with van der Waals surface area (Å²) in [6.07, 6.45) is 0.627. The maximum absolute atomic E-state index is 9.72. The third-order valence-electron chi connectivity index (χ3n) is 1.88. The SMILES string of the molecule is CC(C)(C)CNCC(O)CC(C)(C)C. The quantitative estimate of drug-likeness (QED) is 0.732. The second-order valence-corrected chi connectivity index (χ2v) is 6.61.